The first kappa shape index (κ1) is 12.0. The van der Waals surface area contributed by atoms with Crippen molar-refractivity contribution in [3.8, 4) is 0 Å². The molecule has 1 heterocycles. The van der Waals surface area contributed by atoms with Gasteiger partial charge in [-0.15, -0.1) is 0 Å². The highest BCUT2D eigenvalue weighted by Crippen LogP contribution is 2.19. The molecule has 3 atom stereocenters. The zero-order valence-electron chi connectivity index (χ0n) is 9.58. The SMILES string of the molecule is CCC(C)OCC1CCC(CNC)O1. The van der Waals surface area contributed by atoms with Crippen molar-refractivity contribution in [2.45, 2.75) is 51.4 Å². The first-order valence-electron chi connectivity index (χ1n) is 5.68. The summed E-state index contributed by atoms with van der Waals surface area (Å²) in [7, 11) is 1.96. The van der Waals surface area contributed by atoms with Gasteiger partial charge < -0.3 is 14.8 Å². The van der Waals surface area contributed by atoms with Gasteiger partial charge >= 0.3 is 0 Å². The fourth-order valence-electron chi connectivity index (χ4n) is 1.67. The summed E-state index contributed by atoms with van der Waals surface area (Å²) in [6, 6.07) is 0. The molecule has 0 spiro atoms. The summed E-state index contributed by atoms with van der Waals surface area (Å²) < 4.78 is 11.5. The van der Waals surface area contributed by atoms with Crippen LogP contribution in [0.15, 0.2) is 0 Å². The molecule has 1 aliphatic rings. The molecule has 3 unspecified atom stereocenters. The maximum Gasteiger partial charge on any atom is 0.0814 e. The summed E-state index contributed by atoms with van der Waals surface area (Å²) >= 11 is 0. The molecule has 1 N–H and O–H groups in total. The number of hydrogen-bond donors (Lipinski definition) is 1. The fourth-order valence-corrected chi connectivity index (χ4v) is 1.67. The average Bonchev–Trinajstić information content (AvgIpc) is 2.63. The molecule has 0 bridgehead atoms. The van der Waals surface area contributed by atoms with E-state index in [9.17, 15) is 0 Å². The molecule has 0 aromatic heterocycles. The fraction of sp³-hybridized carbons (Fsp3) is 1.00. The van der Waals surface area contributed by atoms with E-state index in [1.165, 1.54) is 0 Å². The van der Waals surface area contributed by atoms with Crippen molar-refractivity contribution < 1.29 is 9.47 Å². The lowest BCUT2D eigenvalue weighted by Crippen LogP contribution is -2.26. The molecule has 0 saturated carbocycles. The van der Waals surface area contributed by atoms with Crippen LogP contribution in [0.25, 0.3) is 0 Å². The standard InChI is InChI=1S/C11H23NO2/c1-4-9(2)13-8-11-6-5-10(14-11)7-12-3/h9-12H,4-8H2,1-3H3. The van der Waals surface area contributed by atoms with Gasteiger partial charge in [0.15, 0.2) is 0 Å². The minimum atomic E-state index is 0.322. The van der Waals surface area contributed by atoms with Crippen LogP contribution in [0.5, 0.6) is 0 Å². The summed E-state index contributed by atoms with van der Waals surface area (Å²) in [5.41, 5.74) is 0. The van der Waals surface area contributed by atoms with Gasteiger partial charge in [-0.1, -0.05) is 6.92 Å². The molecule has 3 nitrogen and oxygen atoms in total. The van der Waals surface area contributed by atoms with Gasteiger partial charge in [-0.05, 0) is 33.2 Å². The monoisotopic (exact) mass is 201 g/mol. The second-order valence-corrected chi connectivity index (χ2v) is 4.07. The predicted octanol–water partition coefficient (Wildman–Crippen LogP) is 1.57. The number of nitrogens with one attached hydrogen (secondary N) is 1. The number of ether oxygens (including phenoxy) is 2. The van der Waals surface area contributed by atoms with Crippen molar-refractivity contribution in [2.75, 3.05) is 20.2 Å². The van der Waals surface area contributed by atoms with E-state index in [1.807, 2.05) is 7.05 Å². The van der Waals surface area contributed by atoms with E-state index in [0.29, 0.717) is 18.3 Å². The zero-order chi connectivity index (χ0) is 10.4. The summed E-state index contributed by atoms with van der Waals surface area (Å²) in [5, 5.41) is 3.14. The summed E-state index contributed by atoms with van der Waals surface area (Å²) in [6.07, 6.45) is 4.46. The van der Waals surface area contributed by atoms with Crippen molar-refractivity contribution in [1.29, 1.82) is 0 Å². The molecule has 1 rings (SSSR count). The molecular formula is C11H23NO2. The second kappa shape index (κ2) is 6.38. The first-order chi connectivity index (χ1) is 6.76. The molecule has 1 saturated heterocycles. The molecule has 0 aliphatic carbocycles. The molecule has 3 heteroatoms. The molecular weight excluding hydrogens is 178 g/mol. The van der Waals surface area contributed by atoms with E-state index in [4.69, 9.17) is 9.47 Å². The molecule has 1 fully saturated rings. The summed E-state index contributed by atoms with van der Waals surface area (Å²) in [4.78, 5) is 0. The minimum absolute atomic E-state index is 0.322. The third kappa shape index (κ3) is 3.95. The minimum Gasteiger partial charge on any atom is -0.376 e. The highest BCUT2D eigenvalue weighted by atomic mass is 16.5. The Balaban J connectivity index is 2.09. The van der Waals surface area contributed by atoms with Crippen LogP contribution in [-0.2, 0) is 9.47 Å². The van der Waals surface area contributed by atoms with Crippen LogP contribution in [0.1, 0.15) is 33.1 Å². The van der Waals surface area contributed by atoms with Crippen LogP contribution in [0, 0.1) is 0 Å². The van der Waals surface area contributed by atoms with Gasteiger partial charge in [-0.2, -0.15) is 0 Å². The molecule has 0 aromatic rings. The molecule has 1 aliphatic heterocycles. The zero-order valence-corrected chi connectivity index (χ0v) is 9.58. The summed E-state index contributed by atoms with van der Waals surface area (Å²) in [6.45, 7) is 5.97. The Hall–Kier alpha value is -0.120. The largest absolute Gasteiger partial charge is 0.376 e. The summed E-state index contributed by atoms with van der Waals surface area (Å²) in [5.74, 6) is 0. The number of hydrogen-bond acceptors (Lipinski definition) is 3. The Morgan fingerprint density at radius 3 is 2.79 bits per heavy atom. The van der Waals surface area contributed by atoms with Crippen LogP contribution >= 0.6 is 0 Å². The maximum atomic E-state index is 5.81. The van der Waals surface area contributed by atoms with E-state index in [-0.39, 0.29) is 0 Å². The van der Waals surface area contributed by atoms with Gasteiger partial charge in [0.2, 0.25) is 0 Å². The molecule has 0 radical (unpaired) electrons. The van der Waals surface area contributed by atoms with Gasteiger partial charge in [0, 0.05) is 6.54 Å². The third-order valence-electron chi connectivity index (χ3n) is 2.77. The van der Waals surface area contributed by atoms with Crippen LogP contribution in [0.4, 0.5) is 0 Å². The predicted molar refractivity (Wildman–Crippen MR) is 57.5 cm³/mol. The van der Waals surface area contributed by atoms with Gasteiger partial charge in [0.25, 0.3) is 0 Å². The lowest BCUT2D eigenvalue weighted by Gasteiger charge is -2.16. The highest BCUT2D eigenvalue weighted by Gasteiger charge is 2.24. The number of rotatable bonds is 6. The lowest BCUT2D eigenvalue weighted by molar-refractivity contribution is -0.0365. The second-order valence-electron chi connectivity index (χ2n) is 4.07. The molecule has 0 aromatic carbocycles. The Labute approximate surface area is 87.2 Å². The van der Waals surface area contributed by atoms with E-state index in [2.05, 4.69) is 19.2 Å². The van der Waals surface area contributed by atoms with Crippen molar-refractivity contribution in [2.24, 2.45) is 0 Å². The lowest BCUT2D eigenvalue weighted by atomic mass is 10.2. The van der Waals surface area contributed by atoms with Crippen LogP contribution in [0.2, 0.25) is 0 Å². The van der Waals surface area contributed by atoms with Gasteiger partial charge in [0.1, 0.15) is 0 Å². The van der Waals surface area contributed by atoms with Gasteiger partial charge in [-0.25, -0.2) is 0 Å². The molecule has 14 heavy (non-hydrogen) atoms. The van der Waals surface area contributed by atoms with Crippen LogP contribution < -0.4 is 5.32 Å². The van der Waals surface area contributed by atoms with Crippen LogP contribution in [-0.4, -0.2) is 38.5 Å². The normalized spacial score (nSPS) is 29.4. The molecule has 0 amide bonds. The third-order valence-corrected chi connectivity index (χ3v) is 2.77. The van der Waals surface area contributed by atoms with Gasteiger partial charge in [-0.3, -0.25) is 0 Å². The van der Waals surface area contributed by atoms with Gasteiger partial charge in [0.05, 0.1) is 24.9 Å². The van der Waals surface area contributed by atoms with E-state index >= 15 is 0 Å². The van der Waals surface area contributed by atoms with Crippen molar-refractivity contribution in [3.63, 3.8) is 0 Å². The molecule has 84 valence electrons. The highest BCUT2D eigenvalue weighted by molar-refractivity contribution is 4.74. The van der Waals surface area contributed by atoms with E-state index < -0.39 is 0 Å². The first-order valence-corrected chi connectivity index (χ1v) is 5.68. The van der Waals surface area contributed by atoms with E-state index in [0.717, 1.165) is 32.4 Å². The van der Waals surface area contributed by atoms with Crippen molar-refractivity contribution >= 4 is 0 Å². The van der Waals surface area contributed by atoms with E-state index in [1.54, 1.807) is 0 Å². The smallest absolute Gasteiger partial charge is 0.0814 e. The number of likely N-dealkylation sites (N-methyl/N-ethyl adjacent to an activating group) is 1. The Morgan fingerprint density at radius 1 is 1.43 bits per heavy atom. The quantitative estimate of drug-likeness (QED) is 0.707. The average molecular weight is 201 g/mol. The Kier molecular flexibility index (Phi) is 5.45. The Morgan fingerprint density at radius 2 is 2.14 bits per heavy atom. The van der Waals surface area contributed by atoms with Crippen molar-refractivity contribution in [1.82, 2.24) is 5.32 Å². The maximum absolute atomic E-state index is 5.81. The topological polar surface area (TPSA) is 30.5 Å². The Bertz CT molecular complexity index is 152. The van der Waals surface area contributed by atoms with Crippen LogP contribution in [0.3, 0.4) is 0 Å². The van der Waals surface area contributed by atoms with Crippen molar-refractivity contribution in [3.05, 3.63) is 0 Å².